The molecule has 2 saturated heterocycles. The van der Waals surface area contributed by atoms with Crippen molar-refractivity contribution in [1.29, 1.82) is 0 Å². The normalized spacial score (nSPS) is 41.0. The summed E-state index contributed by atoms with van der Waals surface area (Å²) in [5.74, 6) is -7.76. The van der Waals surface area contributed by atoms with Crippen LogP contribution in [0.4, 0.5) is 0 Å². The monoisotopic (exact) mass is 803 g/mol. The summed E-state index contributed by atoms with van der Waals surface area (Å²) in [5, 5.41) is 34.1. The molecule has 3 aliphatic heterocycles. The van der Waals surface area contributed by atoms with Crippen LogP contribution in [0.3, 0.4) is 0 Å². The van der Waals surface area contributed by atoms with Crippen molar-refractivity contribution < 1.29 is 58.2 Å². The highest BCUT2D eigenvalue weighted by atomic mass is 16.7. The lowest BCUT2D eigenvalue weighted by molar-refractivity contribution is -0.302. The number of fused-ring (bicyclic) bond motifs is 3. The van der Waals surface area contributed by atoms with E-state index in [1.165, 1.54) is 19.1 Å². The summed E-state index contributed by atoms with van der Waals surface area (Å²) in [7, 11) is 4.61. The van der Waals surface area contributed by atoms with E-state index in [9.17, 15) is 34.5 Å². The van der Waals surface area contributed by atoms with E-state index in [1.54, 1.807) is 27.0 Å². The summed E-state index contributed by atoms with van der Waals surface area (Å²) in [4.78, 5) is 57.8. The minimum absolute atomic E-state index is 0.00988. The van der Waals surface area contributed by atoms with E-state index < -0.39 is 83.9 Å². The van der Waals surface area contributed by atoms with Gasteiger partial charge in [0.15, 0.2) is 0 Å². The highest BCUT2D eigenvalue weighted by Gasteiger charge is 2.56. The number of nitrogens with zero attached hydrogens (tertiary/aromatic N) is 1. The molecular weight excluding hydrogens is 734 g/mol. The lowest BCUT2D eigenvalue weighted by Gasteiger charge is -2.47. The first-order valence-corrected chi connectivity index (χ1v) is 20.9. The van der Waals surface area contributed by atoms with Crippen molar-refractivity contribution in [2.45, 2.75) is 160 Å². The van der Waals surface area contributed by atoms with Crippen LogP contribution in [0.25, 0.3) is 0 Å². The van der Waals surface area contributed by atoms with Gasteiger partial charge >= 0.3 is 5.97 Å². The van der Waals surface area contributed by atoms with Gasteiger partial charge in [0.25, 0.3) is 11.7 Å². The number of amides is 1. The van der Waals surface area contributed by atoms with Crippen molar-refractivity contribution in [3.8, 4) is 0 Å². The molecule has 14 atom stereocenters. The maximum Gasteiger partial charge on any atom is 0.329 e. The molecule has 0 aromatic rings. The Hall–Kier alpha value is -2.78. The van der Waals surface area contributed by atoms with Crippen molar-refractivity contribution in [2.24, 2.45) is 29.6 Å². The van der Waals surface area contributed by atoms with E-state index in [2.05, 4.69) is 6.58 Å². The zero-order valence-electron chi connectivity index (χ0n) is 35.4. The Balaban J connectivity index is 1.78. The quantitative estimate of drug-likeness (QED) is 0.185. The van der Waals surface area contributed by atoms with Crippen LogP contribution >= 0.6 is 0 Å². The first-order chi connectivity index (χ1) is 27.0. The molecule has 4 rings (SSSR count). The molecule has 0 aromatic carbocycles. The summed E-state index contributed by atoms with van der Waals surface area (Å²) in [6.07, 6.45) is 4.93. The van der Waals surface area contributed by atoms with Gasteiger partial charge in [-0.3, -0.25) is 14.4 Å². The van der Waals surface area contributed by atoms with E-state index in [-0.39, 0.29) is 49.5 Å². The highest BCUT2D eigenvalue weighted by molar-refractivity contribution is 6.39. The molecule has 57 heavy (non-hydrogen) atoms. The Labute approximate surface area is 339 Å². The number of hydrogen-bond acceptors (Lipinski definition) is 12. The third-order valence-corrected chi connectivity index (χ3v) is 12.9. The number of carbonyl (C=O) groups is 4. The number of rotatable bonds is 7. The highest BCUT2D eigenvalue weighted by Crippen LogP contribution is 2.39. The van der Waals surface area contributed by atoms with Crippen LogP contribution in [0.2, 0.25) is 0 Å². The maximum absolute atomic E-state index is 14.3. The van der Waals surface area contributed by atoms with Gasteiger partial charge in [0, 0.05) is 52.0 Å². The molecule has 1 amide bonds. The molecule has 0 aromatic heterocycles. The molecule has 1 saturated carbocycles. The van der Waals surface area contributed by atoms with Crippen molar-refractivity contribution in [1.82, 2.24) is 4.90 Å². The number of Topliss-reactive ketones (excluding diaryl/α,β-unsaturated/α-hetero) is 2. The van der Waals surface area contributed by atoms with Gasteiger partial charge in [-0.05, 0) is 95.5 Å². The Morgan fingerprint density at radius 2 is 1.60 bits per heavy atom. The number of cyclic esters (lactones) is 1. The van der Waals surface area contributed by atoms with Gasteiger partial charge in [-0.15, -0.1) is 6.58 Å². The van der Waals surface area contributed by atoms with Crippen molar-refractivity contribution in [2.75, 3.05) is 27.9 Å². The molecule has 0 spiro atoms. The Morgan fingerprint density at radius 3 is 2.25 bits per heavy atom. The van der Waals surface area contributed by atoms with E-state index in [1.807, 2.05) is 32.9 Å². The fourth-order valence-corrected chi connectivity index (χ4v) is 9.42. The molecule has 3 fully saturated rings. The number of methoxy groups -OCH3 is 3. The molecule has 322 valence electrons. The Bertz CT molecular complexity index is 1480. The second-order valence-electron chi connectivity index (χ2n) is 17.3. The number of aliphatic hydroxyl groups excluding tert-OH is 2. The van der Waals surface area contributed by atoms with E-state index in [0.717, 1.165) is 5.57 Å². The molecule has 0 radical (unpaired) electrons. The summed E-state index contributed by atoms with van der Waals surface area (Å²) in [6, 6.07) is -1.14. The minimum Gasteiger partial charge on any atom is -0.456 e. The van der Waals surface area contributed by atoms with E-state index in [4.69, 9.17) is 23.7 Å². The third-order valence-electron chi connectivity index (χ3n) is 12.9. The van der Waals surface area contributed by atoms with E-state index in [0.29, 0.717) is 56.9 Å². The second kappa shape index (κ2) is 21.0. The average Bonchev–Trinajstić information content (AvgIpc) is 3.18. The number of hydrogen-bond donors (Lipinski definition) is 3. The summed E-state index contributed by atoms with van der Waals surface area (Å²) >= 11 is 0. The third kappa shape index (κ3) is 11.3. The molecule has 13 heteroatoms. The van der Waals surface area contributed by atoms with Crippen LogP contribution in [-0.4, -0.2) is 126 Å². The number of ether oxygens (including phenoxy) is 5. The summed E-state index contributed by atoms with van der Waals surface area (Å²) in [5.41, 5.74) is 1.61. The summed E-state index contributed by atoms with van der Waals surface area (Å²) in [6.45, 7) is 13.1. The number of ketones is 2. The molecule has 2 bridgehead atoms. The van der Waals surface area contributed by atoms with Crippen LogP contribution < -0.4 is 0 Å². The van der Waals surface area contributed by atoms with Crippen molar-refractivity contribution in [3.63, 3.8) is 0 Å². The van der Waals surface area contributed by atoms with Gasteiger partial charge in [0.05, 0.1) is 30.5 Å². The molecule has 3 heterocycles. The maximum atomic E-state index is 14.3. The average molecular weight is 804 g/mol. The number of allylic oxidation sites excluding steroid dienone is 4. The molecular formula is C44H69NO12. The van der Waals surface area contributed by atoms with Crippen molar-refractivity contribution in [3.05, 3.63) is 36.0 Å². The molecule has 6 unspecified atom stereocenters. The second-order valence-corrected chi connectivity index (χ2v) is 17.3. The van der Waals surface area contributed by atoms with Gasteiger partial charge in [0.1, 0.15) is 24.0 Å². The number of carbonyl (C=O) groups excluding carboxylic acids is 4. The number of esters is 1. The first-order valence-electron chi connectivity index (χ1n) is 20.9. The predicted octanol–water partition coefficient (Wildman–Crippen LogP) is 4.64. The van der Waals surface area contributed by atoms with Crippen molar-refractivity contribution >= 4 is 23.4 Å². The molecule has 1 aliphatic carbocycles. The minimum atomic E-state index is -2.51. The van der Waals surface area contributed by atoms with Gasteiger partial charge in [0.2, 0.25) is 5.79 Å². The van der Waals surface area contributed by atoms with Crippen LogP contribution in [0.1, 0.15) is 105 Å². The van der Waals surface area contributed by atoms with Crippen LogP contribution in [0, 0.1) is 29.6 Å². The van der Waals surface area contributed by atoms with Gasteiger partial charge < -0.3 is 43.9 Å². The smallest absolute Gasteiger partial charge is 0.329 e. The number of aliphatic hydroxyl groups is 3. The topological polar surface area (TPSA) is 178 Å². The molecule has 4 aliphatic rings. The SMILES string of the molecule is C=CCC1/C=C(\C)C[C@H](C)C[C@H](OC)C2OC(O)(C(=O)C(=O)N3CCCC[C@H]3C(=O)O[C@H](/C(C)=C/[C@@H]3CC[C@@H](O)C(OC)C3)[C@H](C)[C@@H](O)CC1=O)C(C)CC2OC. The number of piperidine rings is 1. The fourth-order valence-electron chi connectivity index (χ4n) is 9.42. The van der Waals surface area contributed by atoms with E-state index >= 15 is 0 Å². The largest absolute Gasteiger partial charge is 0.456 e. The standard InChI is InChI=1S/C44H69NO12/c1-10-13-31-19-25(2)18-26(3)20-37(54-8)40-38(55-9)22-28(5)44(52,57-40)41(49)42(50)45-17-12-11-14-32(45)43(51)56-39(29(6)34(47)24-35(31)48)27(4)21-30-15-16-33(46)36(23-30)53-7/h10,19,21,26,28-34,36-40,46-47,52H,1,11-18,20,22-24H2,2-9H3/b25-19+,27-21+/t26-,28?,29+,30-,31?,32-,33+,34-,36?,37-,38?,39+,40?,44?/m0/s1. The van der Waals surface area contributed by atoms with Gasteiger partial charge in [-0.2, -0.15) is 0 Å². The van der Waals surface area contributed by atoms with Gasteiger partial charge in [-0.25, -0.2) is 4.79 Å². The lowest BCUT2D eigenvalue weighted by Crippen LogP contribution is -2.64. The Kier molecular flexibility index (Phi) is 17.2. The fraction of sp³-hybridized carbons (Fsp3) is 0.773. The zero-order chi connectivity index (χ0) is 42.2. The zero-order valence-corrected chi connectivity index (χ0v) is 35.4. The van der Waals surface area contributed by atoms with Gasteiger partial charge in [-0.1, -0.05) is 44.6 Å². The molecule has 3 N–H and O–H groups in total. The predicted molar refractivity (Wildman–Crippen MR) is 213 cm³/mol. The van der Waals surface area contributed by atoms with Crippen LogP contribution in [0.5, 0.6) is 0 Å². The lowest BCUT2D eigenvalue weighted by atomic mass is 9.81. The molecule has 13 nitrogen and oxygen atoms in total. The van der Waals surface area contributed by atoms with Crippen LogP contribution in [-0.2, 0) is 42.9 Å². The first kappa shape index (κ1) is 46.9. The Morgan fingerprint density at radius 1 is 0.930 bits per heavy atom. The van der Waals surface area contributed by atoms with Crippen LogP contribution in [0.15, 0.2) is 36.0 Å². The summed E-state index contributed by atoms with van der Waals surface area (Å²) < 4.78 is 29.7.